The molecule has 0 saturated carbocycles. The Kier molecular flexibility index (Phi) is 4.18. The Balaban J connectivity index is 2.02. The zero-order chi connectivity index (χ0) is 15.7. The van der Waals surface area contributed by atoms with Gasteiger partial charge in [0.15, 0.2) is 11.9 Å². The number of fused-ring (bicyclic) bond motifs is 1. The molecule has 0 bridgehead atoms. The summed E-state index contributed by atoms with van der Waals surface area (Å²) in [5.41, 5.74) is 8.91. The fourth-order valence-corrected chi connectivity index (χ4v) is 2.67. The van der Waals surface area contributed by atoms with Crippen LogP contribution in [0.3, 0.4) is 0 Å². The number of furan rings is 1. The van der Waals surface area contributed by atoms with Crippen LogP contribution in [0.15, 0.2) is 46.9 Å². The number of methoxy groups -OCH3 is 1. The fraction of sp³-hybridized carbons (Fsp3) is 0.176. The molecule has 1 aromatic heterocycles. The van der Waals surface area contributed by atoms with Crippen LogP contribution in [0.4, 0.5) is 0 Å². The highest BCUT2D eigenvalue weighted by molar-refractivity contribution is 6.35. The third kappa shape index (κ3) is 2.74. The van der Waals surface area contributed by atoms with Crippen molar-refractivity contribution in [1.29, 1.82) is 0 Å². The van der Waals surface area contributed by atoms with Crippen molar-refractivity contribution in [1.82, 2.24) is 0 Å². The van der Waals surface area contributed by atoms with Crippen molar-refractivity contribution in [2.24, 2.45) is 5.73 Å². The van der Waals surface area contributed by atoms with Gasteiger partial charge in [0.2, 0.25) is 0 Å². The van der Waals surface area contributed by atoms with Crippen LogP contribution in [-0.2, 0) is 11.3 Å². The number of aliphatic hydroxyl groups excluding tert-OH is 1. The molecule has 3 N–H and O–H groups in total. The predicted octanol–water partition coefficient (Wildman–Crippen LogP) is 3.85. The molecule has 0 aliphatic rings. The van der Waals surface area contributed by atoms with Crippen molar-refractivity contribution in [2.45, 2.75) is 12.8 Å². The van der Waals surface area contributed by atoms with E-state index in [0.717, 1.165) is 16.5 Å². The minimum atomic E-state index is -0.916. The maximum atomic E-state index is 9.64. The molecule has 5 heteroatoms. The summed E-state index contributed by atoms with van der Waals surface area (Å²) in [6.07, 6.45) is -0.916. The van der Waals surface area contributed by atoms with Crippen molar-refractivity contribution < 1.29 is 14.3 Å². The first-order chi connectivity index (χ1) is 10.6. The van der Waals surface area contributed by atoms with E-state index in [0.29, 0.717) is 28.5 Å². The molecule has 22 heavy (non-hydrogen) atoms. The van der Waals surface area contributed by atoms with Gasteiger partial charge in [0, 0.05) is 18.1 Å². The highest BCUT2D eigenvalue weighted by atomic mass is 35.5. The molecular formula is C17H16ClNO3. The van der Waals surface area contributed by atoms with E-state index >= 15 is 0 Å². The summed E-state index contributed by atoms with van der Waals surface area (Å²) in [5, 5.41) is 11.1. The first kappa shape index (κ1) is 15.1. The highest BCUT2D eigenvalue weighted by Crippen LogP contribution is 2.33. The Bertz CT molecular complexity index is 796. The number of benzene rings is 2. The van der Waals surface area contributed by atoms with Crippen LogP contribution in [0.1, 0.15) is 17.6 Å². The Morgan fingerprint density at radius 2 is 1.91 bits per heavy atom. The van der Waals surface area contributed by atoms with Crippen molar-refractivity contribution in [3.63, 3.8) is 0 Å². The SMILES string of the molecule is COC(O)c1ccc(-c2cc(Cl)c3oc(CN)cc3c2)cc1. The molecular weight excluding hydrogens is 302 g/mol. The summed E-state index contributed by atoms with van der Waals surface area (Å²) in [4.78, 5) is 0. The van der Waals surface area contributed by atoms with Gasteiger partial charge < -0.3 is 20.0 Å². The van der Waals surface area contributed by atoms with E-state index in [1.807, 2.05) is 42.5 Å². The lowest BCUT2D eigenvalue weighted by Gasteiger charge is -2.09. The topological polar surface area (TPSA) is 68.6 Å². The Morgan fingerprint density at radius 3 is 2.55 bits per heavy atom. The third-order valence-corrected chi connectivity index (χ3v) is 3.86. The number of rotatable bonds is 4. The Labute approximate surface area is 133 Å². The van der Waals surface area contributed by atoms with E-state index in [2.05, 4.69) is 0 Å². The molecule has 2 aromatic carbocycles. The smallest absolute Gasteiger partial charge is 0.180 e. The van der Waals surface area contributed by atoms with Gasteiger partial charge in [-0.1, -0.05) is 35.9 Å². The average Bonchev–Trinajstić information content (AvgIpc) is 2.98. The van der Waals surface area contributed by atoms with Crippen molar-refractivity contribution in [3.8, 4) is 11.1 Å². The summed E-state index contributed by atoms with van der Waals surface area (Å²) in [5.74, 6) is 0.701. The van der Waals surface area contributed by atoms with E-state index < -0.39 is 6.29 Å². The highest BCUT2D eigenvalue weighted by Gasteiger charge is 2.11. The minimum absolute atomic E-state index is 0.337. The van der Waals surface area contributed by atoms with E-state index in [1.54, 1.807) is 0 Å². The lowest BCUT2D eigenvalue weighted by atomic mass is 10.0. The predicted molar refractivity (Wildman–Crippen MR) is 86.5 cm³/mol. The van der Waals surface area contributed by atoms with E-state index in [-0.39, 0.29) is 0 Å². The largest absolute Gasteiger partial charge is 0.458 e. The molecule has 3 rings (SSSR count). The second-order valence-corrected chi connectivity index (χ2v) is 5.41. The Hall–Kier alpha value is -1.85. The normalized spacial score (nSPS) is 12.7. The van der Waals surface area contributed by atoms with Crippen LogP contribution in [0.2, 0.25) is 5.02 Å². The molecule has 114 valence electrons. The number of hydrogen-bond donors (Lipinski definition) is 2. The molecule has 0 saturated heterocycles. The van der Waals surface area contributed by atoms with Crippen LogP contribution in [0, 0.1) is 0 Å². The molecule has 4 nitrogen and oxygen atoms in total. The summed E-state index contributed by atoms with van der Waals surface area (Å²) >= 11 is 6.29. The lowest BCUT2D eigenvalue weighted by molar-refractivity contribution is -0.0769. The van der Waals surface area contributed by atoms with Crippen LogP contribution in [-0.4, -0.2) is 12.2 Å². The van der Waals surface area contributed by atoms with Gasteiger partial charge >= 0.3 is 0 Å². The second-order valence-electron chi connectivity index (χ2n) is 5.00. The van der Waals surface area contributed by atoms with Gasteiger partial charge in [-0.3, -0.25) is 0 Å². The summed E-state index contributed by atoms with van der Waals surface area (Å²) < 4.78 is 10.5. The average molecular weight is 318 g/mol. The Morgan fingerprint density at radius 1 is 1.18 bits per heavy atom. The van der Waals surface area contributed by atoms with Gasteiger partial charge in [-0.05, 0) is 29.3 Å². The molecule has 1 heterocycles. The maximum absolute atomic E-state index is 9.64. The first-order valence-electron chi connectivity index (χ1n) is 6.85. The number of halogens is 1. The number of aliphatic hydroxyl groups is 1. The van der Waals surface area contributed by atoms with E-state index in [1.165, 1.54) is 7.11 Å². The van der Waals surface area contributed by atoms with Crippen LogP contribution in [0.25, 0.3) is 22.1 Å². The molecule has 1 unspecified atom stereocenters. The van der Waals surface area contributed by atoms with Crippen LogP contribution >= 0.6 is 11.6 Å². The third-order valence-electron chi connectivity index (χ3n) is 3.58. The van der Waals surface area contributed by atoms with E-state index in [4.69, 9.17) is 26.5 Å². The zero-order valence-electron chi connectivity index (χ0n) is 12.0. The standard InChI is InChI=1S/C17H16ClNO3/c1-21-17(20)11-4-2-10(3-5-11)12-6-13-7-14(9-19)22-16(13)15(18)8-12/h2-8,17,20H,9,19H2,1H3. The number of ether oxygens (including phenoxy) is 1. The van der Waals surface area contributed by atoms with Gasteiger partial charge in [0.05, 0.1) is 11.6 Å². The van der Waals surface area contributed by atoms with E-state index in [9.17, 15) is 5.11 Å². The van der Waals surface area contributed by atoms with Crippen molar-refractivity contribution >= 4 is 22.6 Å². The fourth-order valence-electron chi connectivity index (χ4n) is 2.41. The minimum Gasteiger partial charge on any atom is -0.458 e. The first-order valence-corrected chi connectivity index (χ1v) is 7.23. The number of nitrogens with two attached hydrogens (primary N) is 1. The molecule has 0 fully saturated rings. The second kappa shape index (κ2) is 6.10. The van der Waals surface area contributed by atoms with Crippen molar-refractivity contribution in [2.75, 3.05) is 7.11 Å². The molecule has 0 radical (unpaired) electrons. The summed E-state index contributed by atoms with van der Waals surface area (Å²) in [6, 6.07) is 13.2. The van der Waals surface area contributed by atoms with Crippen LogP contribution < -0.4 is 5.73 Å². The quantitative estimate of drug-likeness (QED) is 0.717. The molecule has 0 aliphatic carbocycles. The van der Waals surface area contributed by atoms with Gasteiger partial charge in [-0.25, -0.2) is 0 Å². The van der Waals surface area contributed by atoms with Gasteiger partial charge in [-0.15, -0.1) is 0 Å². The summed E-state index contributed by atoms with van der Waals surface area (Å²) in [7, 11) is 1.46. The van der Waals surface area contributed by atoms with Gasteiger partial charge in [-0.2, -0.15) is 0 Å². The number of hydrogen-bond acceptors (Lipinski definition) is 4. The molecule has 0 amide bonds. The monoisotopic (exact) mass is 317 g/mol. The van der Waals surface area contributed by atoms with Gasteiger partial charge in [0.1, 0.15) is 5.76 Å². The van der Waals surface area contributed by atoms with Crippen LogP contribution in [0.5, 0.6) is 0 Å². The zero-order valence-corrected chi connectivity index (χ0v) is 12.8. The van der Waals surface area contributed by atoms with Crippen molar-refractivity contribution in [3.05, 3.63) is 58.8 Å². The lowest BCUT2D eigenvalue weighted by Crippen LogP contribution is -1.98. The molecule has 1 atom stereocenters. The molecule has 0 aliphatic heterocycles. The van der Waals surface area contributed by atoms with Gasteiger partial charge in [0.25, 0.3) is 0 Å². The summed E-state index contributed by atoms with van der Waals surface area (Å²) in [6.45, 7) is 0.337. The maximum Gasteiger partial charge on any atom is 0.180 e. The molecule has 0 spiro atoms. The molecule has 3 aromatic rings.